The van der Waals surface area contributed by atoms with E-state index in [1.165, 1.54) is 49.9 Å². The van der Waals surface area contributed by atoms with Gasteiger partial charge in [0.15, 0.2) is 0 Å². The van der Waals surface area contributed by atoms with Crippen LogP contribution in [-0.2, 0) is 17.9 Å². The van der Waals surface area contributed by atoms with Crippen LogP contribution in [0.4, 0.5) is 0 Å². The molecular weight excluding hydrogens is 318 g/mol. The minimum Gasteiger partial charge on any atom is -0.351 e. The number of thioether (sulfide) groups is 1. The number of nitrogens with one attached hydrogen (secondary N) is 1. The maximum absolute atomic E-state index is 12.1. The van der Waals surface area contributed by atoms with Crippen molar-refractivity contribution in [1.82, 2.24) is 10.2 Å². The molecule has 4 nitrogen and oxygen atoms in total. The molecule has 0 bridgehead atoms. The molecule has 0 aromatic heterocycles. The Morgan fingerprint density at radius 2 is 1.88 bits per heavy atom. The summed E-state index contributed by atoms with van der Waals surface area (Å²) in [5.74, 6) is 0.869. The van der Waals surface area contributed by atoms with Crippen LogP contribution in [0, 0.1) is 0 Å². The van der Waals surface area contributed by atoms with E-state index < -0.39 is 6.04 Å². The first-order valence-electron chi connectivity index (χ1n) is 9.02. The highest BCUT2D eigenvalue weighted by atomic mass is 32.2. The second-order valence-corrected chi connectivity index (χ2v) is 7.55. The molecule has 1 aliphatic rings. The second-order valence-electron chi connectivity index (χ2n) is 6.56. The molecule has 0 radical (unpaired) electrons. The molecule has 1 saturated heterocycles. The van der Waals surface area contributed by atoms with Gasteiger partial charge in [-0.25, -0.2) is 0 Å². The molecule has 0 aliphatic carbocycles. The van der Waals surface area contributed by atoms with E-state index in [0.717, 1.165) is 18.7 Å². The summed E-state index contributed by atoms with van der Waals surface area (Å²) in [5.41, 5.74) is 8.46. The summed E-state index contributed by atoms with van der Waals surface area (Å²) in [6.45, 7) is 3.90. The van der Waals surface area contributed by atoms with Gasteiger partial charge in [-0.15, -0.1) is 0 Å². The fourth-order valence-corrected chi connectivity index (χ4v) is 3.60. The molecule has 1 aliphatic heterocycles. The number of nitrogens with zero attached hydrogens (tertiary/aromatic N) is 1. The van der Waals surface area contributed by atoms with E-state index in [1.54, 1.807) is 11.8 Å². The van der Waals surface area contributed by atoms with Gasteiger partial charge in [-0.2, -0.15) is 11.8 Å². The lowest BCUT2D eigenvalue weighted by molar-refractivity contribution is -0.122. The quantitative estimate of drug-likeness (QED) is 0.758. The fourth-order valence-electron chi connectivity index (χ4n) is 3.11. The monoisotopic (exact) mass is 349 g/mol. The highest BCUT2D eigenvalue weighted by Gasteiger charge is 2.14. The molecule has 1 heterocycles. The number of carbonyl (C=O) groups excluding carboxylic acids is 1. The highest BCUT2D eigenvalue weighted by molar-refractivity contribution is 7.98. The predicted molar refractivity (Wildman–Crippen MR) is 103 cm³/mol. The number of benzene rings is 1. The van der Waals surface area contributed by atoms with Crippen molar-refractivity contribution in [3.05, 3.63) is 35.4 Å². The highest BCUT2D eigenvalue weighted by Crippen LogP contribution is 2.16. The topological polar surface area (TPSA) is 58.4 Å². The van der Waals surface area contributed by atoms with Crippen LogP contribution in [0.1, 0.15) is 43.2 Å². The van der Waals surface area contributed by atoms with Crippen LogP contribution < -0.4 is 11.1 Å². The van der Waals surface area contributed by atoms with E-state index in [-0.39, 0.29) is 5.91 Å². The lowest BCUT2D eigenvalue weighted by atomic mass is 10.1. The van der Waals surface area contributed by atoms with E-state index in [4.69, 9.17) is 5.73 Å². The summed E-state index contributed by atoms with van der Waals surface area (Å²) >= 11 is 1.72. The minimum absolute atomic E-state index is 0.0476. The number of nitrogens with two attached hydrogens (primary N) is 1. The molecule has 1 aromatic carbocycles. The Morgan fingerprint density at radius 3 is 2.54 bits per heavy atom. The van der Waals surface area contributed by atoms with Crippen molar-refractivity contribution in [2.75, 3.05) is 25.1 Å². The van der Waals surface area contributed by atoms with E-state index in [2.05, 4.69) is 28.4 Å². The van der Waals surface area contributed by atoms with Gasteiger partial charge in [-0.1, -0.05) is 37.1 Å². The number of carbonyl (C=O) groups is 1. The lowest BCUT2D eigenvalue weighted by Gasteiger charge is -2.22. The lowest BCUT2D eigenvalue weighted by Crippen LogP contribution is -2.40. The standard InChI is InChI=1S/C19H31N3OS/c1-24-13-10-18(20)19(23)21-14-16-8-4-5-9-17(16)15-22-11-6-2-3-7-12-22/h4-5,8-9,18H,2-3,6-7,10-15,20H2,1H3,(H,21,23)/t18-/m0/s1. The Morgan fingerprint density at radius 1 is 1.21 bits per heavy atom. The molecule has 5 heteroatoms. The normalized spacial score (nSPS) is 17.2. The van der Waals surface area contributed by atoms with Crippen molar-refractivity contribution in [2.24, 2.45) is 5.73 Å². The van der Waals surface area contributed by atoms with E-state index in [9.17, 15) is 4.79 Å². The molecule has 1 aromatic rings. The van der Waals surface area contributed by atoms with Gasteiger partial charge in [0.05, 0.1) is 6.04 Å². The third kappa shape index (κ3) is 6.46. The van der Waals surface area contributed by atoms with Crippen LogP contribution in [0.2, 0.25) is 0 Å². The first-order chi connectivity index (χ1) is 11.7. The Kier molecular flexibility index (Phi) is 8.64. The Hall–Kier alpha value is -1.04. The van der Waals surface area contributed by atoms with Gasteiger partial charge in [0.25, 0.3) is 0 Å². The minimum atomic E-state index is -0.407. The molecule has 1 amide bonds. The van der Waals surface area contributed by atoms with Crippen LogP contribution >= 0.6 is 11.8 Å². The van der Waals surface area contributed by atoms with Crippen molar-refractivity contribution in [2.45, 2.75) is 51.2 Å². The van der Waals surface area contributed by atoms with Crippen LogP contribution in [-0.4, -0.2) is 41.9 Å². The molecule has 3 N–H and O–H groups in total. The summed E-state index contributed by atoms with van der Waals surface area (Å²) in [5, 5.41) is 3.01. The second kappa shape index (κ2) is 10.7. The maximum atomic E-state index is 12.1. The molecule has 0 saturated carbocycles. The number of rotatable bonds is 8. The molecular formula is C19H31N3OS. The van der Waals surface area contributed by atoms with E-state index >= 15 is 0 Å². The molecule has 1 fully saturated rings. The molecule has 1 atom stereocenters. The third-order valence-corrected chi connectivity index (χ3v) is 5.28. The maximum Gasteiger partial charge on any atom is 0.237 e. The van der Waals surface area contributed by atoms with Gasteiger partial charge in [0, 0.05) is 13.1 Å². The first-order valence-corrected chi connectivity index (χ1v) is 10.4. The van der Waals surface area contributed by atoms with Crippen molar-refractivity contribution in [3.63, 3.8) is 0 Å². The van der Waals surface area contributed by atoms with Gasteiger partial charge in [-0.3, -0.25) is 9.69 Å². The molecule has 134 valence electrons. The first kappa shape index (κ1) is 19.3. The van der Waals surface area contributed by atoms with Gasteiger partial charge in [-0.05, 0) is 55.5 Å². The van der Waals surface area contributed by atoms with E-state index in [1.807, 2.05) is 12.3 Å². The summed E-state index contributed by atoms with van der Waals surface area (Å²) in [7, 11) is 0. The average molecular weight is 350 g/mol. The predicted octanol–water partition coefficient (Wildman–Crippen LogP) is 2.76. The van der Waals surface area contributed by atoms with Gasteiger partial charge < -0.3 is 11.1 Å². The smallest absolute Gasteiger partial charge is 0.237 e. The van der Waals surface area contributed by atoms with Crippen molar-refractivity contribution >= 4 is 17.7 Å². The summed E-state index contributed by atoms with van der Waals surface area (Å²) < 4.78 is 0. The molecule has 0 unspecified atom stereocenters. The Balaban J connectivity index is 1.89. The summed E-state index contributed by atoms with van der Waals surface area (Å²) in [6.07, 6.45) is 8.04. The van der Waals surface area contributed by atoms with Gasteiger partial charge >= 0.3 is 0 Å². The molecule has 24 heavy (non-hydrogen) atoms. The molecule has 0 spiro atoms. The average Bonchev–Trinajstić information content (AvgIpc) is 2.87. The van der Waals surface area contributed by atoms with Crippen LogP contribution in [0.5, 0.6) is 0 Å². The van der Waals surface area contributed by atoms with Gasteiger partial charge in [0.2, 0.25) is 5.91 Å². The zero-order valence-corrected chi connectivity index (χ0v) is 15.6. The largest absolute Gasteiger partial charge is 0.351 e. The van der Waals surface area contributed by atoms with Crippen LogP contribution in [0.3, 0.4) is 0 Å². The zero-order valence-electron chi connectivity index (χ0n) is 14.8. The third-order valence-electron chi connectivity index (χ3n) is 4.63. The van der Waals surface area contributed by atoms with Crippen molar-refractivity contribution in [3.8, 4) is 0 Å². The van der Waals surface area contributed by atoms with Crippen molar-refractivity contribution < 1.29 is 4.79 Å². The van der Waals surface area contributed by atoms with E-state index in [0.29, 0.717) is 6.54 Å². The van der Waals surface area contributed by atoms with Gasteiger partial charge in [0.1, 0.15) is 0 Å². The Labute approximate surface area is 150 Å². The number of hydrogen-bond donors (Lipinski definition) is 2. The number of likely N-dealkylation sites (tertiary alicyclic amines) is 1. The van der Waals surface area contributed by atoms with Crippen LogP contribution in [0.25, 0.3) is 0 Å². The number of amides is 1. The zero-order chi connectivity index (χ0) is 17.2. The van der Waals surface area contributed by atoms with Crippen molar-refractivity contribution in [1.29, 1.82) is 0 Å². The fraction of sp³-hybridized carbons (Fsp3) is 0.632. The number of hydrogen-bond acceptors (Lipinski definition) is 4. The molecule has 2 rings (SSSR count). The van der Waals surface area contributed by atoms with Crippen LogP contribution in [0.15, 0.2) is 24.3 Å². The summed E-state index contributed by atoms with van der Waals surface area (Å²) in [4.78, 5) is 14.7. The Bertz CT molecular complexity index is 501. The SMILES string of the molecule is CSCC[C@H](N)C(=O)NCc1ccccc1CN1CCCCCC1. The summed E-state index contributed by atoms with van der Waals surface area (Å²) in [6, 6.07) is 8.01.